The summed E-state index contributed by atoms with van der Waals surface area (Å²) in [6.07, 6.45) is 21.5. The largest absolute Gasteiger partial charge is 0.490 e. The van der Waals surface area contributed by atoms with Crippen LogP contribution in [0.25, 0.3) is 43.6 Å². The second kappa shape index (κ2) is 34.0. The standard InChI is InChI=1S/C76H98N10O8/c1-11-19-29-49(30-20-12-2)91-61-43-57-73(87)83-65-37-27-38-66(81-65)84-75(89)59-45-63(93-51(33-23-15-5)34-24-16-6)55-42-56-64(94-52(35-25-17-7)36-26-18-8)46-60(80-72(56)48(10)71(55)79-59)76(90)86-68-40-28-39-67(82-68)85-74(88)58-44-62(92-50(31-21-13-3)32-22-14-4)54-41-53(61)69(77-57)47(9)70(54)78-58/h27-28,37-46,49-52H,11-26,29-36H2,1-10H3,(H2,81,83,84,87,89)(H2,82,85,86,88,90). The van der Waals surface area contributed by atoms with Gasteiger partial charge in [-0.15, -0.1) is 0 Å². The minimum absolute atomic E-state index is 0.0572. The molecule has 18 nitrogen and oxygen atoms in total. The first-order valence-electron chi connectivity index (χ1n) is 35.1. The van der Waals surface area contributed by atoms with E-state index in [1.807, 2.05) is 26.0 Å². The van der Waals surface area contributed by atoms with Gasteiger partial charge in [0.2, 0.25) is 0 Å². The summed E-state index contributed by atoms with van der Waals surface area (Å²) in [5, 5.41) is 14.5. The van der Waals surface area contributed by atoms with Crippen molar-refractivity contribution in [1.82, 2.24) is 29.9 Å². The molecule has 0 atom stereocenters. The third-order valence-corrected chi connectivity index (χ3v) is 17.7. The van der Waals surface area contributed by atoms with Crippen molar-refractivity contribution in [2.24, 2.45) is 0 Å². The molecule has 18 heteroatoms. The van der Waals surface area contributed by atoms with Crippen LogP contribution in [0.5, 0.6) is 23.0 Å². The molecule has 0 saturated heterocycles. The number of carbonyl (C=O) groups is 4. The Balaban J connectivity index is 1.25. The van der Waals surface area contributed by atoms with E-state index in [1.165, 1.54) is 0 Å². The Kier molecular flexibility index (Phi) is 25.3. The van der Waals surface area contributed by atoms with Gasteiger partial charge in [-0.2, -0.15) is 0 Å². The Hall–Kier alpha value is -8.54. The highest BCUT2D eigenvalue weighted by Crippen LogP contribution is 2.41. The van der Waals surface area contributed by atoms with Crippen LogP contribution in [0.2, 0.25) is 0 Å². The fraction of sp³-hybridized carbons (Fsp3) is 0.500. The summed E-state index contributed by atoms with van der Waals surface area (Å²) in [5.74, 6) is 0.263. The van der Waals surface area contributed by atoms with E-state index in [9.17, 15) is 19.2 Å². The van der Waals surface area contributed by atoms with Gasteiger partial charge in [0.1, 0.15) is 69.0 Å². The van der Waals surface area contributed by atoms with Crippen LogP contribution in [0.15, 0.2) is 72.8 Å². The Morgan fingerprint density at radius 3 is 0.702 bits per heavy atom. The fourth-order valence-corrected chi connectivity index (χ4v) is 12.3. The summed E-state index contributed by atoms with van der Waals surface area (Å²) >= 11 is 0. The maximum Gasteiger partial charge on any atom is 0.275 e. The third kappa shape index (κ3) is 17.6. The summed E-state index contributed by atoms with van der Waals surface area (Å²) < 4.78 is 28.3. The highest BCUT2D eigenvalue weighted by molar-refractivity contribution is 6.12. The molecule has 1 aliphatic rings. The van der Waals surface area contributed by atoms with Crippen molar-refractivity contribution in [2.45, 2.75) is 248 Å². The van der Waals surface area contributed by atoms with Gasteiger partial charge in [-0.1, -0.05) is 170 Å². The maximum absolute atomic E-state index is 14.9. The van der Waals surface area contributed by atoms with Crippen LogP contribution in [0.4, 0.5) is 23.3 Å². The summed E-state index contributed by atoms with van der Waals surface area (Å²) in [5.41, 5.74) is 3.23. The molecule has 1 aliphatic heterocycles. The number of amides is 4. The smallest absolute Gasteiger partial charge is 0.275 e. The number of rotatable bonds is 32. The first-order chi connectivity index (χ1) is 45.7. The van der Waals surface area contributed by atoms with Crippen LogP contribution in [0.3, 0.4) is 0 Å². The normalized spacial score (nSPS) is 12.9. The van der Waals surface area contributed by atoms with E-state index in [-0.39, 0.29) is 70.5 Å². The summed E-state index contributed by atoms with van der Waals surface area (Å²) in [6.45, 7) is 21.1. The lowest BCUT2D eigenvalue weighted by Gasteiger charge is -2.23. The molecule has 4 N–H and O–H groups in total. The van der Waals surface area contributed by atoms with E-state index >= 15 is 0 Å². The number of aryl methyl sites for hydroxylation is 2. The number of hydrogen-bond donors (Lipinski definition) is 4. The third-order valence-electron chi connectivity index (χ3n) is 17.7. The number of pyridine rings is 6. The Morgan fingerprint density at radius 1 is 0.309 bits per heavy atom. The quantitative estimate of drug-likeness (QED) is 0.0288. The number of unbranched alkanes of at least 4 members (excludes halogenated alkanes) is 8. The molecule has 8 aromatic rings. The van der Waals surface area contributed by atoms with Crippen LogP contribution in [-0.2, 0) is 0 Å². The molecule has 0 saturated carbocycles. The first-order valence-corrected chi connectivity index (χ1v) is 35.1. The van der Waals surface area contributed by atoms with Crippen molar-refractivity contribution < 1.29 is 38.1 Å². The van der Waals surface area contributed by atoms with Gasteiger partial charge >= 0.3 is 0 Å². The lowest BCUT2D eigenvalue weighted by Crippen LogP contribution is -2.21. The lowest BCUT2D eigenvalue weighted by molar-refractivity contribution is 0.101. The van der Waals surface area contributed by atoms with E-state index in [1.54, 1.807) is 60.7 Å². The summed E-state index contributed by atoms with van der Waals surface area (Å²) in [4.78, 5) is 89.2. The molecule has 0 fully saturated rings. The molecule has 0 unspecified atom stereocenters. The van der Waals surface area contributed by atoms with Crippen molar-refractivity contribution in [3.8, 4) is 23.0 Å². The molecule has 12 bridgehead atoms. The lowest BCUT2D eigenvalue weighted by atomic mass is 10.0. The van der Waals surface area contributed by atoms with Crippen molar-refractivity contribution in [3.63, 3.8) is 0 Å². The van der Waals surface area contributed by atoms with Crippen molar-refractivity contribution in [2.75, 3.05) is 21.3 Å². The second-order valence-electron chi connectivity index (χ2n) is 25.3. The minimum Gasteiger partial charge on any atom is -0.490 e. The molecule has 9 rings (SSSR count). The predicted octanol–water partition coefficient (Wildman–Crippen LogP) is 19.1. The molecule has 0 aliphatic carbocycles. The van der Waals surface area contributed by atoms with E-state index < -0.39 is 23.6 Å². The van der Waals surface area contributed by atoms with E-state index in [2.05, 4.69) is 76.7 Å². The van der Waals surface area contributed by atoms with Crippen molar-refractivity contribution in [3.05, 3.63) is 107 Å². The number of fused-ring (bicyclic) bond motifs is 8. The average molecular weight is 1280 g/mol. The van der Waals surface area contributed by atoms with Crippen LogP contribution < -0.4 is 40.2 Å². The predicted molar refractivity (Wildman–Crippen MR) is 378 cm³/mol. The Labute approximate surface area is 554 Å². The molecule has 94 heavy (non-hydrogen) atoms. The van der Waals surface area contributed by atoms with Crippen molar-refractivity contribution >= 4 is 90.5 Å². The highest BCUT2D eigenvalue weighted by atomic mass is 16.5. The van der Waals surface area contributed by atoms with Gasteiger partial charge in [0.05, 0.1) is 46.5 Å². The first kappa shape index (κ1) is 69.8. The molecule has 0 spiro atoms. The summed E-state index contributed by atoms with van der Waals surface area (Å²) in [6, 6.07) is 20.7. The van der Waals surface area contributed by atoms with E-state index in [4.69, 9.17) is 48.9 Å². The average Bonchev–Trinajstić information content (AvgIpc) is 0.763. The van der Waals surface area contributed by atoms with E-state index in [0.29, 0.717) is 77.7 Å². The van der Waals surface area contributed by atoms with Gasteiger partial charge in [0.15, 0.2) is 0 Å². The number of benzene rings is 2. The molecule has 7 heterocycles. The SMILES string of the molecule is CCCCC(CCCC)Oc1cc2nc3c(C)c4nc(cc(OC(CCCC)CCCC)c4cc13)C(=O)Nc1cccc(n1)NC(=O)c1cc(OC(CCCC)CCCC)c3cc4c(OC(CCCC)CCCC)cc(nc4c(C)c3n1)C(=O)Nc1cccc(n1)NC2=O. The zero-order valence-electron chi connectivity index (χ0n) is 57.2. The number of carbonyl (C=O) groups excluding carboxylic acids is 4. The van der Waals surface area contributed by atoms with Crippen LogP contribution in [0, 0.1) is 13.8 Å². The second-order valence-corrected chi connectivity index (χ2v) is 25.3. The Morgan fingerprint density at radius 2 is 0.511 bits per heavy atom. The highest BCUT2D eigenvalue weighted by Gasteiger charge is 2.28. The number of anilines is 4. The van der Waals surface area contributed by atoms with Gasteiger partial charge in [-0.05, 0) is 102 Å². The minimum atomic E-state index is -0.566. The number of hydrogen-bond acceptors (Lipinski definition) is 14. The zero-order chi connectivity index (χ0) is 66.7. The van der Waals surface area contributed by atoms with Gasteiger partial charge in [-0.25, -0.2) is 29.9 Å². The van der Waals surface area contributed by atoms with Crippen LogP contribution >= 0.6 is 0 Å². The van der Waals surface area contributed by atoms with Gasteiger partial charge in [0.25, 0.3) is 23.6 Å². The van der Waals surface area contributed by atoms with Crippen LogP contribution in [-0.4, -0.2) is 77.9 Å². The fourth-order valence-electron chi connectivity index (χ4n) is 12.3. The van der Waals surface area contributed by atoms with Gasteiger partial charge < -0.3 is 40.2 Å². The maximum atomic E-state index is 14.9. The molecule has 0 radical (unpaired) electrons. The molecular formula is C76H98N10O8. The number of ether oxygens (including phenoxy) is 4. The summed E-state index contributed by atoms with van der Waals surface area (Å²) in [7, 11) is 0. The number of nitrogens with zero attached hydrogens (tertiary/aromatic N) is 6. The zero-order valence-corrected chi connectivity index (χ0v) is 57.2. The molecule has 2 aromatic carbocycles. The molecular weight excluding hydrogens is 1180 g/mol. The van der Waals surface area contributed by atoms with Gasteiger partial charge in [0, 0.05) is 56.9 Å². The Bertz CT molecular complexity index is 3430. The number of aromatic nitrogens is 6. The monoisotopic (exact) mass is 1280 g/mol. The van der Waals surface area contributed by atoms with E-state index in [0.717, 1.165) is 154 Å². The molecule has 500 valence electrons. The molecule has 6 aromatic heterocycles. The number of nitrogens with one attached hydrogen (secondary N) is 4. The van der Waals surface area contributed by atoms with Gasteiger partial charge in [-0.3, -0.25) is 19.2 Å². The topological polar surface area (TPSA) is 231 Å². The molecule has 4 amide bonds. The van der Waals surface area contributed by atoms with Crippen molar-refractivity contribution in [1.29, 1.82) is 0 Å². The van der Waals surface area contributed by atoms with Crippen LogP contribution in [0.1, 0.15) is 263 Å².